The van der Waals surface area contributed by atoms with E-state index in [2.05, 4.69) is 10.2 Å². The molecule has 3 rings (SSSR count). The van der Waals surface area contributed by atoms with E-state index < -0.39 is 0 Å². The highest BCUT2D eigenvalue weighted by Gasteiger charge is 2.29. The van der Waals surface area contributed by atoms with Gasteiger partial charge in [-0.05, 0) is 32.6 Å². The van der Waals surface area contributed by atoms with Gasteiger partial charge in [0.1, 0.15) is 0 Å². The molecule has 0 radical (unpaired) electrons. The summed E-state index contributed by atoms with van der Waals surface area (Å²) in [7, 11) is 0. The van der Waals surface area contributed by atoms with Crippen molar-refractivity contribution in [2.24, 2.45) is 0 Å². The van der Waals surface area contributed by atoms with Gasteiger partial charge in [-0.15, -0.1) is 0 Å². The summed E-state index contributed by atoms with van der Waals surface area (Å²) in [4.78, 5) is 30.7. The van der Waals surface area contributed by atoms with Gasteiger partial charge in [0.05, 0.1) is 6.61 Å². The summed E-state index contributed by atoms with van der Waals surface area (Å²) in [6, 6.07) is 0.943. The van der Waals surface area contributed by atoms with E-state index in [1.54, 1.807) is 4.90 Å². The molecule has 3 fully saturated rings. The molecule has 7 nitrogen and oxygen atoms in total. The molecule has 0 bridgehead atoms. The molecule has 2 aliphatic heterocycles. The second kappa shape index (κ2) is 10.2. The van der Waals surface area contributed by atoms with Crippen molar-refractivity contribution in [2.75, 3.05) is 45.9 Å². The van der Waals surface area contributed by atoms with E-state index in [4.69, 9.17) is 4.74 Å². The van der Waals surface area contributed by atoms with E-state index in [1.807, 2.05) is 11.8 Å². The van der Waals surface area contributed by atoms with Crippen LogP contribution in [0.1, 0.15) is 58.3 Å². The van der Waals surface area contributed by atoms with Gasteiger partial charge in [-0.3, -0.25) is 4.90 Å². The second-order valence-corrected chi connectivity index (χ2v) is 8.08. The molecule has 1 aliphatic carbocycles. The summed E-state index contributed by atoms with van der Waals surface area (Å²) in [6.07, 6.45) is 9.49. The summed E-state index contributed by atoms with van der Waals surface area (Å²) < 4.78 is 5.05. The number of carbonyl (C=O) groups is 2. The lowest BCUT2D eigenvalue weighted by molar-refractivity contribution is 0.0899. The van der Waals surface area contributed by atoms with Crippen molar-refractivity contribution in [1.82, 2.24) is 20.0 Å². The summed E-state index contributed by atoms with van der Waals surface area (Å²) in [5, 5.41) is 3.17. The largest absolute Gasteiger partial charge is 0.450 e. The summed E-state index contributed by atoms with van der Waals surface area (Å²) in [5.41, 5.74) is 0. The van der Waals surface area contributed by atoms with Gasteiger partial charge in [-0.25, -0.2) is 9.59 Å². The minimum absolute atomic E-state index is 0.0603. The third kappa shape index (κ3) is 5.74. The number of piperidine rings is 1. The Morgan fingerprint density at radius 1 is 0.852 bits per heavy atom. The van der Waals surface area contributed by atoms with Gasteiger partial charge in [0, 0.05) is 51.4 Å². The van der Waals surface area contributed by atoms with E-state index in [0.717, 1.165) is 45.1 Å². The predicted octanol–water partition coefficient (Wildman–Crippen LogP) is 2.66. The second-order valence-electron chi connectivity index (χ2n) is 8.08. The number of ether oxygens (including phenoxy) is 1. The molecule has 3 aliphatic rings. The maximum atomic E-state index is 12.6. The summed E-state index contributed by atoms with van der Waals surface area (Å²) in [6.45, 7) is 7.17. The zero-order valence-electron chi connectivity index (χ0n) is 16.8. The Kier molecular flexibility index (Phi) is 7.61. The van der Waals surface area contributed by atoms with E-state index in [1.165, 1.54) is 38.5 Å². The zero-order valence-corrected chi connectivity index (χ0v) is 16.8. The van der Waals surface area contributed by atoms with Crippen LogP contribution in [0.4, 0.5) is 9.59 Å². The third-order valence-corrected chi connectivity index (χ3v) is 6.29. The SMILES string of the molecule is CCOC(=O)N1CCC(NC(=O)N2CCN(C3CCCCCC3)CC2)CC1. The van der Waals surface area contributed by atoms with Crippen molar-refractivity contribution in [3.63, 3.8) is 0 Å². The number of nitrogens with one attached hydrogen (secondary N) is 1. The van der Waals surface area contributed by atoms with E-state index in [9.17, 15) is 9.59 Å². The molecule has 27 heavy (non-hydrogen) atoms. The Balaban J connectivity index is 1.37. The monoisotopic (exact) mass is 380 g/mol. The lowest BCUT2D eigenvalue weighted by atomic mass is 10.1. The molecule has 154 valence electrons. The van der Waals surface area contributed by atoms with Gasteiger partial charge in [0.25, 0.3) is 0 Å². The van der Waals surface area contributed by atoms with Crippen LogP contribution in [0.2, 0.25) is 0 Å². The Morgan fingerprint density at radius 2 is 1.48 bits per heavy atom. The summed E-state index contributed by atoms with van der Waals surface area (Å²) in [5.74, 6) is 0. The Labute approximate surface area is 163 Å². The highest BCUT2D eigenvalue weighted by atomic mass is 16.6. The molecular weight excluding hydrogens is 344 g/mol. The standard InChI is InChI=1S/C20H36N4O3/c1-2-27-20(26)24-11-9-17(10-12-24)21-19(25)23-15-13-22(14-16-23)18-7-5-3-4-6-8-18/h17-18H,2-16H2,1H3,(H,21,25). The van der Waals surface area contributed by atoms with Gasteiger partial charge in [0.15, 0.2) is 0 Å². The maximum absolute atomic E-state index is 12.6. The smallest absolute Gasteiger partial charge is 0.409 e. The number of rotatable bonds is 3. The van der Waals surface area contributed by atoms with Crippen molar-refractivity contribution in [2.45, 2.75) is 70.4 Å². The number of likely N-dealkylation sites (tertiary alicyclic amines) is 1. The van der Waals surface area contributed by atoms with E-state index in [-0.39, 0.29) is 18.2 Å². The Bertz CT molecular complexity index is 478. The fraction of sp³-hybridized carbons (Fsp3) is 0.900. The number of hydrogen-bond acceptors (Lipinski definition) is 4. The number of amides is 3. The first-order valence-electron chi connectivity index (χ1n) is 10.9. The van der Waals surface area contributed by atoms with E-state index in [0.29, 0.717) is 19.7 Å². The molecule has 7 heteroatoms. The fourth-order valence-electron chi connectivity index (χ4n) is 4.60. The lowest BCUT2D eigenvalue weighted by Gasteiger charge is -2.40. The van der Waals surface area contributed by atoms with Crippen molar-refractivity contribution < 1.29 is 14.3 Å². The molecule has 2 heterocycles. The highest BCUT2D eigenvalue weighted by molar-refractivity contribution is 5.74. The van der Waals surface area contributed by atoms with Gasteiger partial charge >= 0.3 is 12.1 Å². The van der Waals surface area contributed by atoms with Crippen LogP contribution in [0, 0.1) is 0 Å². The molecule has 0 atom stereocenters. The number of nitrogens with zero attached hydrogens (tertiary/aromatic N) is 3. The van der Waals surface area contributed by atoms with E-state index >= 15 is 0 Å². The van der Waals surface area contributed by atoms with Crippen LogP contribution in [-0.2, 0) is 4.74 Å². The first kappa shape index (κ1) is 20.2. The number of piperazine rings is 1. The Morgan fingerprint density at radius 3 is 2.07 bits per heavy atom. The predicted molar refractivity (Wildman–Crippen MR) is 105 cm³/mol. The minimum Gasteiger partial charge on any atom is -0.450 e. The first-order valence-corrected chi connectivity index (χ1v) is 10.9. The normalized spacial score (nSPS) is 23.7. The van der Waals surface area contributed by atoms with Crippen LogP contribution >= 0.6 is 0 Å². The molecule has 2 saturated heterocycles. The van der Waals surface area contributed by atoms with Gasteiger partial charge in [-0.1, -0.05) is 25.7 Å². The molecule has 1 N–H and O–H groups in total. The van der Waals surface area contributed by atoms with Crippen molar-refractivity contribution >= 4 is 12.1 Å². The van der Waals surface area contributed by atoms with Gasteiger partial charge < -0.3 is 19.9 Å². The minimum atomic E-state index is -0.239. The average molecular weight is 381 g/mol. The van der Waals surface area contributed by atoms with Crippen LogP contribution in [0.15, 0.2) is 0 Å². The van der Waals surface area contributed by atoms with Crippen LogP contribution in [-0.4, -0.2) is 84.8 Å². The average Bonchev–Trinajstić information content (AvgIpc) is 2.98. The third-order valence-electron chi connectivity index (χ3n) is 6.29. The zero-order chi connectivity index (χ0) is 19.1. The molecule has 0 aromatic carbocycles. The van der Waals surface area contributed by atoms with Gasteiger partial charge in [0.2, 0.25) is 0 Å². The fourth-order valence-corrected chi connectivity index (χ4v) is 4.60. The van der Waals surface area contributed by atoms with Crippen LogP contribution in [0.3, 0.4) is 0 Å². The molecule has 0 aromatic heterocycles. The molecule has 3 amide bonds. The quantitative estimate of drug-likeness (QED) is 0.765. The highest BCUT2D eigenvalue weighted by Crippen LogP contribution is 2.23. The van der Waals surface area contributed by atoms with Crippen molar-refractivity contribution in [3.05, 3.63) is 0 Å². The topological polar surface area (TPSA) is 65.1 Å². The molecular formula is C20H36N4O3. The number of carbonyl (C=O) groups excluding carboxylic acids is 2. The number of hydrogen-bond donors (Lipinski definition) is 1. The Hall–Kier alpha value is -1.50. The molecule has 0 unspecified atom stereocenters. The van der Waals surface area contributed by atoms with Crippen LogP contribution < -0.4 is 5.32 Å². The van der Waals surface area contributed by atoms with Crippen molar-refractivity contribution in [3.8, 4) is 0 Å². The molecule has 1 saturated carbocycles. The van der Waals surface area contributed by atoms with Crippen LogP contribution in [0.25, 0.3) is 0 Å². The molecule has 0 aromatic rings. The van der Waals surface area contributed by atoms with Gasteiger partial charge in [-0.2, -0.15) is 0 Å². The first-order chi connectivity index (χ1) is 13.2. The van der Waals surface area contributed by atoms with Crippen molar-refractivity contribution in [1.29, 1.82) is 0 Å². The lowest BCUT2D eigenvalue weighted by Crippen LogP contribution is -2.56. The van der Waals surface area contributed by atoms with Crippen LogP contribution in [0.5, 0.6) is 0 Å². The summed E-state index contributed by atoms with van der Waals surface area (Å²) >= 11 is 0. The molecule has 0 spiro atoms. The maximum Gasteiger partial charge on any atom is 0.409 e. The number of urea groups is 1.